The summed E-state index contributed by atoms with van der Waals surface area (Å²) in [5.74, 6) is 1.66. The van der Waals surface area contributed by atoms with Crippen molar-refractivity contribution in [3.8, 4) is 11.5 Å². The van der Waals surface area contributed by atoms with Gasteiger partial charge in [-0.3, -0.25) is 0 Å². The largest absolute Gasteiger partial charge is 0.493 e. The Kier molecular flexibility index (Phi) is 4.66. The quantitative estimate of drug-likeness (QED) is 0.823. The Morgan fingerprint density at radius 1 is 1.12 bits per heavy atom. The standard InChI is InChI=1S/C13H19BrO2/c1-5-15-10-7-6-8-11(12(10)14)16-9-13(2,3)4/h6-8H,5,9H2,1-4H3. The Balaban J connectivity index is 2.77. The van der Waals surface area contributed by atoms with E-state index in [4.69, 9.17) is 9.47 Å². The highest BCUT2D eigenvalue weighted by Gasteiger charge is 2.13. The van der Waals surface area contributed by atoms with Crippen molar-refractivity contribution in [2.24, 2.45) is 5.41 Å². The summed E-state index contributed by atoms with van der Waals surface area (Å²) in [5.41, 5.74) is 0.154. The van der Waals surface area contributed by atoms with E-state index in [2.05, 4.69) is 36.7 Å². The highest BCUT2D eigenvalue weighted by molar-refractivity contribution is 9.10. The number of ether oxygens (including phenoxy) is 2. The zero-order chi connectivity index (χ0) is 12.2. The molecule has 0 spiro atoms. The molecule has 0 unspecified atom stereocenters. The maximum absolute atomic E-state index is 5.76. The van der Waals surface area contributed by atoms with Crippen molar-refractivity contribution in [2.45, 2.75) is 27.7 Å². The molecule has 0 aliphatic heterocycles. The highest BCUT2D eigenvalue weighted by Crippen LogP contribution is 2.34. The molecule has 0 heterocycles. The Morgan fingerprint density at radius 2 is 1.69 bits per heavy atom. The first-order chi connectivity index (χ1) is 7.44. The summed E-state index contributed by atoms with van der Waals surface area (Å²) in [6.07, 6.45) is 0. The molecule has 0 radical (unpaired) electrons. The van der Waals surface area contributed by atoms with Crippen LogP contribution < -0.4 is 9.47 Å². The van der Waals surface area contributed by atoms with E-state index < -0.39 is 0 Å². The molecular formula is C13H19BrO2. The molecule has 2 nitrogen and oxygen atoms in total. The highest BCUT2D eigenvalue weighted by atomic mass is 79.9. The summed E-state index contributed by atoms with van der Waals surface area (Å²) in [7, 11) is 0. The zero-order valence-corrected chi connectivity index (χ0v) is 11.9. The molecule has 1 rings (SSSR count). The molecule has 0 atom stereocenters. The van der Waals surface area contributed by atoms with Gasteiger partial charge in [-0.25, -0.2) is 0 Å². The van der Waals surface area contributed by atoms with Crippen molar-refractivity contribution >= 4 is 15.9 Å². The summed E-state index contributed by atoms with van der Waals surface area (Å²) < 4.78 is 12.1. The zero-order valence-electron chi connectivity index (χ0n) is 10.3. The number of halogens is 1. The number of hydrogen-bond acceptors (Lipinski definition) is 2. The summed E-state index contributed by atoms with van der Waals surface area (Å²) in [4.78, 5) is 0. The van der Waals surface area contributed by atoms with Crippen LogP contribution in [0.2, 0.25) is 0 Å². The van der Waals surface area contributed by atoms with Gasteiger partial charge in [0, 0.05) is 0 Å². The van der Waals surface area contributed by atoms with E-state index in [0.717, 1.165) is 16.0 Å². The van der Waals surface area contributed by atoms with E-state index in [-0.39, 0.29) is 5.41 Å². The van der Waals surface area contributed by atoms with E-state index in [9.17, 15) is 0 Å². The lowest BCUT2D eigenvalue weighted by atomic mass is 9.99. The van der Waals surface area contributed by atoms with Crippen molar-refractivity contribution < 1.29 is 9.47 Å². The molecule has 0 N–H and O–H groups in total. The fraction of sp³-hybridized carbons (Fsp3) is 0.538. The smallest absolute Gasteiger partial charge is 0.137 e. The molecule has 0 bridgehead atoms. The number of hydrogen-bond donors (Lipinski definition) is 0. The van der Waals surface area contributed by atoms with Crippen LogP contribution in [-0.4, -0.2) is 13.2 Å². The molecule has 0 aliphatic rings. The topological polar surface area (TPSA) is 18.5 Å². The molecule has 0 saturated heterocycles. The SMILES string of the molecule is CCOc1cccc(OCC(C)(C)C)c1Br. The van der Waals surface area contributed by atoms with Crippen LogP contribution in [0.1, 0.15) is 27.7 Å². The fourth-order valence-corrected chi connectivity index (χ4v) is 1.66. The predicted octanol–water partition coefficient (Wildman–Crippen LogP) is 4.27. The molecule has 0 aromatic heterocycles. The van der Waals surface area contributed by atoms with Crippen molar-refractivity contribution in [3.63, 3.8) is 0 Å². The first-order valence-electron chi connectivity index (χ1n) is 5.48. The molecule has 3 heteroatoms. The Labute approximate surface area is 106 Å². The first kappa shape index (κ1) is 13.4. The first-order valence-corrected chi connectivity index (χ1v) is 6.27. The van der Waals surface area contributed by atoms with Gasteiger partial charge in [-0.1, -0.05) is 26.8 Å². The normalized spacial score (nSPS) is 11.3. The molecular weight excluding hydrogens is 268 g/mol. The van der Waals surface area contributed by atoms with Gasteiger partial charge in [0.05, 0.1) is 13.2 Å². The second-order valence-electron chi connectivity index (χ2n) is 4.85. The molecule has 90 valence electrons. The molecule has 1 aromatic carbocycles. The van der Waals surface area contributed by atoms with Crippen molar-refractivity contribution in [3.05, 3.63) is 22.7 Å². The van der Waals surface area contributed by atoms with Gasteiger partial charge in [0.25, 0.3) is 0 Å². The van der Waals surface area contributed by atoms with Crippen LogP contribution in [0.5, 0.6) is 11.5 Å². The second-order valence-corrected chi connectivity index (χ2v) is 5.64. The van der Waals surface area contributed by atoms with E-state index in [1.807, 2.05) is 25.1 Å². The second kappa shape index (κ2) is 5.58. The molecule has 0 amide bonds. The van der Waals surface area contributed by atoms with Gasteiger partial charge < -0.3 is 9.47 Å². The van der Waals surface area contributed by atoms with Crippen molar-refractivity contribution in [1.29, 1.82) is 0 Å². The minimum atomic E-state index is 0.154. The van der Waals surface area contributed by atoms with E-state index in [1.54, 1.807) is 0 Å². The lowest BCUT2D eigenvalue weighted by molar-refractivity contribution is 0.196. The van der Waals surface area contributed by atoms with Gasteiger partial charge in [-0.2, -0.15) is 0 Å². The summed E-state index contributed by atoms with van der Waals surface area (Å²) in [6, 6.07) is 5.81. The molecule has 0 aliphatic carbocycles. The van der Waals surface area contributed by atoms with Crippen LogP contribution in [0.25, 0.3) is 0 Å². The van der Waals surface area contributed by atoms with Crippen molar-refractivity contribution in [2.75, 3.05) is 13.2 Å². The Bertz CT molecular complexity index is 342. The van der Waals surface area contributed by atoms with Gasteiger partial charge in [0.2, 0.25) is 0 Å². The third-order valence-electron chi connectivity index (χ3n) is 1.89. The van der Waals surface area contributed by atoms with E-state index >= 15 is 0 Å². The van der Waals surface area contributed by atoms with Crippen LogP contribution >= 0.6 is 15.9 Å². The molecule has 1 aromatic rings. The van der Waals surface area contributed by atoms with Gasteiger partial charge in [0.1, 0.15) is 16.0 Å². The van der Waals surface area contributed by atoms with Gasteiger partial charge >= 0.3 is 0 Å². The Hall–Kier alpha value is -0.700. The average Bonchev–Trinajstić information content (AvgIpc) is 2.18. The van der Waals surface area contributed by atoms with E-state index in [1.165, 1.54) is 0 Å². The minimum Gasteiger partial charge on any atom is -0.493 e. The van der Waals surface area contributed by atoms with Gasteiger partial charge in [0.15, 0.2) is 0 Å². The predicted molar refractivity (Wildman–Crippen MR) is 70.3 cm³/mol. The summed E-state index contributed by atoms with van der Waals surface area (Å²) >= 11 is 3.50. The Morgan fingerprint density at radius 3 is 2.19 bits per heavy atom. The molecule has 0 fully saturated rings. The average molecular weight is 287 g/mol. The summed E-state index contributed by atoms with van der Waals surface area (Å²) in [5, 5.41) is 0. The van der Waals surface area contributed by atoms with Crippen LogP contribution in [0.15, 0.2) is 22.7 Å². The number of benzene rings is 1. The van der Waals surface area contributed by atoms with Crippen LogP contribution in [0, 0.1) is 5.41 Å². The van der Waals surface area contributed by atoms with Crippen molar-refractivity contribution in [1.82, 2.24) is 0 Å². The van der Waals surface area contributed by atoms with E-state index in [0.29, 0.717) is 13.2 Å². The number of rotatable bonds is 4. The lowest BCUT2D eigenvalue weighted by Gasteiger charge is -2.20. The van der Waals surface area contributed by atoms with Crippen LogP contribution in [-0.2, 0) is 0 Å². The third-order valence-corrected chi connectivity index (χ3v) is 2.67. The minimum absolute atomic E-state index is 0.154. The fourth-order valence-electron chi connectivity index (χ4n) is 1.16. The maximum atomic E-state index is 5.76. The third kappa shape index (κ3) is 4.05. The van der Waals surface area contributed by atoms with Crippen LogP contribution in [0.3, 0.4) is 0 Å². The van der Waals surface area contributed by atoms with Crippen LogP contribution in [0.4, 0.5) is 0 Å². The monoisotopic (exact) mass is 286 g/mol. The van der Waals surface area contributed by atoms with Gasteiger partial charge in [-0.15, -0.1) is 0 Å². The summed E-state index contributed by atoms with van der Waals surface area (Å²) in [6.45, 7) is 9.74. The maximum Gasteiger partial charge on any atom is 0.137 e. The van der Waals surface area contributed by atoms with Gasteiger partial charge in [-0.05, 0) is 40.4 Å². The molecule has 0 saturated carbocycles. The molecule has 16 heavy (non-hydrogen) atoms. The lowest BCUT2D eigenvalue weighted by Crippen LogP contribution is -2.17.